The normalized spacial score (nSPS) is 10.4. The van der Waals surface area contributed by atoms with E-state index in [0.29, 0.717) is 12.1 Å². The number of guanidine groups is 1. The molecule has 0 aliphatic carbocycles. The monoisotopic (exact) mass is 301 g/mol. The smallest absolute Gasteiger partial charge is 0.274 e. The van der Waals surface area contributed by atoms with Crippen LogP contribution < -0.4 is 22.3 Å². The van der Waals surface area contributed by atoms with Crippen LogP contribution in [0.2, 0.25) is 0 Å². The van der Waals surface area contributed by atoms with E-state index in [1.807, 2.05) is 24.3 Å². The molecule has 2 aromatic rings. The molecule has 2 rings (SSSR count). The molecule has 0 atom stereocenters. The maximum Gasteiger partial charge on any atom is 0.274 e. The van der Waals surface area contributed by atoms with E-state index in [-0.39, 0.29) is 11.5 Å². The lowest BCUT2D eigenvalue weighted by atomic mass is 10.1. The van der Waals surface area contributed by atoms with Gasteiger partial charge in [0.25, 0.3) is 5.56 Å². The van der Waals surface area contributed by atoms with Gasteiger partial charge in [-0.1, -0.05) is 29.5 Å². The number of benzene rings is 1. The fraction of sp³-hybridized carbons (Fsp3) is 0.286. The molecule has 8 heteroatoms. The van der Waals surface area contributed by atoms with Gasteiger partial charge in [0.15, 0.2) is 5.96 Å². The average molecular weight is 301 g/mol. The zero-order valence-electron chi connectivity index (χ0n) is 12.1. The zero-order valence-corrected chi connectivity index (χ0v) is 12.1. The highest BCUT2D eigenvalue weighted by molar-refractivity contribution is 5.75. The summed E-state index contributed by atoms with van der Waals surface area (Å²) >= 11 is 0. The van der Waals surface area contributed by atoms with E-state index in [9.17, 15) is 4.79 Å². The van der Waals surface area contributed by atoms with Crippen LogP contribution in [0.1, 0.15) is 12.0 Å². The first-order valence-electron chi connectivity index (χ1n) is 6.92. The van der Waals surface area contributed by atoms with Crippen LogP contribution in [0, 0.1) is 0 Å². The number of aromatic nitrogens is 3. The first-order valence-corrected chi connectivity index (χ1v) is 6.92. The fourth-order valence-electron chi connectivity index (χ4n) is 1.93. The second-order valence-corrected chi connectivity index (χ2v) is 4.73. The van der Waals surface area contributed by atoms with Gasteiger partial charge in [-0.25, -0.2) is 5.10 Å². The van der Waals surface area contributed by atoms with E-state index in [1.54, 1.807) is 0 Å². The van der Waals surface area contributed by atoms with E-state index in [1.165, 1.54) is 6.20 Å². The van der Waals surface area contributed by atoms with E-state index in [0.717, 1.165) is 30.6 Å². The van der Waals surface area contributed by atoms with Crippen LogP contribution >= 0.6 is 0 Å². The highest BCUT2D eigenvalue weighted by Gasteiger charge is 2.03. The molecule has 1 heterocycles. The van der Waals surface area contributed by atoms with E-state index >= 15 is 0 Å². The minimum atomic E-state index is -0.249. The third-order valence-corrected chi connectivity index (χ3v) is 3.04. The number of hydrogen-bond donors (Lipinski definition) is 4. The zero-order chi connectivity index (χ0) is 15.8. The Hall–Kier alpha value is -2.74. The molecule has 116 valence electrons. The van der Waals surface area contributed by atoms with Crippen molar-refractivity contribution in [3.8, 4) is 11.1 Å². The van der Waals surface area contributed by atoms with Crippen molar-refractivity contribution in [2.24, 2.45) is 16.5 Å². The lowest BCUT2D eigenvalue weighted by Gasteiger charge is -2.05. The maximum atomic E-state index is 11.6. The average Bonchev–Trinajstić information content (AvgIpc) is 2.52. The summed E-state index contributed by atoms with van der Waals surface area (Å²) in [6.07, 6.45) is 2.32. The number of aromatic amines is 1. The van der Waals surface area contributed by atoms with Crippen molar-refractivity contribution < 1.29 is 0 Å². The molecule has 0 saturated carbocycles. The third kappa shape index (κ3) is 4.67. The van der Waals surface area contributed by atoms with Gasteiger partial charge in [0.05, 0.1) is 11.8 Å². The molecule has 6 N–H and O–H groups in total. The number of nitrogens with one attached hydrogen (secondary N) is 2. The molecule has 0 aliphatic rings. The lowest BCUT2D eigenvalue weighted by Crippen LogP contribution is -2.23. The molecular formula is C14H19N7O. The minimum Gasteiger partial charge on any atom is -0.370 e. The largest absolute Gasteiger partial charge is 0.370 e. The molecule has 0 spiro atoms. The maximum absolute atomic E-state index is 11.6. The molecule has 22 heavy (non-hydrogen) atoms. The Balaban J connectivity index is 1.84. The van der Waals surface area contributed by atoms with Crippen molar-refractivity contribution in [3.05, 3.63) is 46.4 Å². The van der Waals surface area contributed by atoms with Crippen LogP contribution in [0.3, 0.4) is 0 Å². The molecule has 0 aliphatic heterocycles. The van der Waals surface area contributed by atoms with Crippen molar-refractivity contribution in [3.63, 3.8) is 0 Å². The highest BCUT2D eigenvalue weighted by Crippen LogP contribution is 2.14. The molecule has 0 radical (unpaired) electrons. The van der Waals surface area contributed by atoms with E-state index in [4.69, 9.17) is 11.5 Å². The van der Waals surface area contributed by atoms with Gasteiger partial charge in [-0.2, -0.15) is 0 Å². The summed E-state index contributed by atoms with van der Waals surface area (Å²) in [4.78, 5) is 15.5. The lowest BCUT2D eigenvalue weighted by molar-refractivity contribution is 0.655. The number of rotatable bonds is 7. The predicted molar refractivity (Wildman–Crippen MR) is 85.1 cm³/mol. The summed E-state index contributed by atoms with van der Waals surface area (Å²) in [7, 11) is 0. The molecule has 8 nitrogen and oxygen atoms in total. The van der Waals surface area contributed by atoms with Crippen molar-refractivity contribution >= 4 is 5.96 Å². The first kappa shape index (κ1) is 15.6. The van der Waals surface area contributed by atoms with E-state index in [2.05, 4.69) is 25.7 Å². The van der Waals surface area contributed by atoms with Crippen LogP contribution in [0.15, 0.2) is 40.2 Å². The second kappa shape index (κ2) is 7.89. The Kier molecular flexibility index (Phi) is 5.61. The van der Waals surface area contributed by atoms with Crippen molar-refractivity contribution in [1.82, 2.24) is 20.7 Å². The van der Waals surface area contributed by atoms with Crippen LogP contribution in [0.25, 0.3) is 11.1 Å². The summed E-state index contributed by atoms with van der Waals surface area (Å²) in [5.74, 6) is 0.121. The summed E-state index contributed by atoms with van der Waals surface area (Å²) in [5, 5.41) is 12.8. The van der Waals surface area contributed by atoms with Crippen LogP contribution in [0.5, 0.6) is 0 Å². The van der Waals surface area contributed by atoms with Crippen molar-refractivity contribution in [1.29, 1.82) is 0 Å². The molecule has 1 aromatic heterocycles. The number of hydrogen-bond acceptors (Lipinski definition) is 5. The van der Waals surface area contributed by atoms with Gasteiger partial charge in [-0.15, -0.1) is 5.10 Å². The fourth-order valence-corrected chi connectivity index (χ4v) is 1.93. The van der Waals surface area contributed by atoms with Crippen molar-refractivity contribution in [2.45, 2.75) is 13.0 Å². The van der Waals surface area contributed by atoms with Gasteiger partial charge in [-0.3, -0.25) is 9.79 Å². The van der Waals surface area contributed by atoms with Gasteiger partial charge in [-0.05, 0) is 24.1 Å². The summed E-state index contributed by atoms with van der Waals surface area (Å²) in [5.41, 5.74) is 12.7. The minimum absolute atomic E-state index is 0.121. The van der Waals surface area contributed by atoms with Gasteiger partial charge in [0, 0.05) is 13.1 Å². The summed E-state index contributed by atoms with van der Waals surface area (Å²) in [6.45, 7) is 2.19. The number of H-pyrrole nitrogens is 1. The van der Waals surface area contributed by atoms with Crippen LogP contribution in [-0.2, 0) is 6.54 Å². The molecular weight excluding hydrogens is 282 g/mol. The van der Waals surface area contributed by atoms with Crippen LogP contribution in [-0.4, -0.2) is 34.5 Å². The molecule has 0 amide bonds. The molecule has 1 aromatic carbocycles. The Labute approximate surface area is 127 Å². The molecule has 0 bridgehead atoms. The van der Waals surface area contributed by atoms with Crippen LogP contribution in [0.4, 0.5) is 0 Å². The first-order chi connectivity index (χ1) is 10.7. The number of nitrogens with zero attached hydrogens (tertiary/aromatic N) is 3. The molecule has 0 fully saturated rings. The second-order valence-electron chi connectivity index (χ2n) is 4.73. The SMILES string of the molecule is NC(N)=NCCCNCc1ccc(-c2cnn[nH]c2=O)cc1. The van der Waals surface area contributed by atoms with Gasteiger partial charge in [0.1, 0.15) is 0 Å². The summed E-state index contributed by atoms with van der Waals surface area (Å²) < 4.78 is 0. The Morgan fingerprint density at radius 3 is 2.73 bits per heavy atom. The topological polar surface area (TPSA) is 135 Å². The number of aliphatic imine (C=N–C) groups is 1. The van der Waals surface area contributed by atoms with Gasteiger partial charge >= 0.3 is 0 Å². The predicted octanol–water partition coefficient (Wildman–Crippen LogP) is -0.415. The third-order valence-electron chi connectivity index (χ3n) is 3.04. The van der Waals surface area contributed by atoms with E-state index < -0.39 is 0 Å². The molecule has 0 saturated heterocycles. The summed E-state index contributed by atoms with van der Waals surface area (Å²) in [6, 6.07) is 7.72. The van der Waals surface area contributed by atoms with Gasteiger partial charge < -0.3 is 16.8 Å². The Morgan fingerprint density at radius 2 is 2.05 bits per heavy atom. The number of nitrogens with two attached hydrogens (primary N) is 2. The highest BCUT2D eigenvalue weighted by atomic mass is 16.1. The quantitative estimate of drug-likeness (QED) is 0.312. The Bertz CT molecular complexity index is 674. The van der Waals surface area contributed by atoms with Crippen molar-refractivity contribution in [2.75, 3.05) is 13.1 Å². The Morgan fingerprint density at radius 1 is 1.27 bits per heavy atom. The standard InChI is InChI=1S/C14H19N7O/c15-14(16)18-7-1-6-17-8-10-2-4-11(5-3-10)12-9-19-21-20-13(12)22/h2-5,9,17H,1,6-8H2,(H4,15,16,18)(H,19,20,22). The van der Waals surface area contributed by atoms with Gasteiger partial charge in [0.2, 0.25) is 0 Å². The molecule has 0 unspecified atom stereocenters.